The fourth-order valence-corrected chi connectivity index (χ4v) is 1.41. The summed E-state index contributed by atoms with van der Waals surface area (Å²) in [5, 5.41) is 11.3. The van der Waals surface area contributed by atoms with E-state index in [1.165, 1.54) is 0 Å². The molecule has 0 saturated carbocycles. The van der Waals surface area contributed by atoms with E-state index in [1.54, 1.807) is 7.11 Å². The van der Waals surface area contributed by atoms with Gasteiger partial charge in [0.25, 0.3) is 0 Å². The molecule has 17 heavy (non-hydrogen) atoms. The van der Waals surface area contributed by atoms with Crippen LogP contribution in [0.1, 0.15) is 26.2 Å². The Morgan fingerprint density at radius 3 is 2.82 bits per heavy atom. The van der Waals surface area contributed by atoms with Crippen LogP contribution in [0.3, 0.4) is 0 Å². The number of methoxy groups -OCH3 is 1. The van der Waals surface area contributed by atoms with Crippen LogP contribution in [0.25, 0.3) is 0 Å². The molecule has 6 nitrogen and oxygen atoms in total. The highest BCUT2D eigenvalue weighted by atomic mass is 16.5. The van der Waals surface area contributed by atoms with E-state index in [-0.39, 0.29) is 0 Å². The number of aromatic nitrogens is 2. The highest BCUT2D eigenvalue weighted by Crippen LogP contribution is 2.11. The molecule has 0 aliphatic rings. The first-order chi connectivity index (χ1) is 8.31. The predicted molar refractivity (Wildman–Crippen MR) is 66.1 cm³/mol. The standard InChI is InChI=1S/C11H22N4O2/c1-4-6-12-9-10-13-14-11(17-10)15(5-2)7-8-16-3/h12H,4-9H2,1-3H3. The Morgan fingerprint density at radius 2 is 2.18 bits per heavy atom. The summed E-state index contributed by atoms with van der Waals surface area (Å²) in [7, 11) is 1.68. The van der Waals surface area contributed by atoms with Crippen LogP contribution in [0, 0.1) is 0 Å². The summed E-state index contributed by atoms with van der Waals surface area (Å²) in [6.45, 7) is 8.00. The van der Waals surface area contributed by atoms with Crippen LogP contribution in [0.5, 0.6) is 0 Å². The molecule has 1 heterocycles. The second-order valence-electron chi connectivity index (χ2n) is 3.73. The van der Waals surface area contributed by atoms with E-state index in [4.69, 9.17) is 9.15 Å². The third kappa shape index (κ3) is 4.70. The van der Waals surface area contributed by atoms with Gasteiger partial charge in [-0.05, 0) is 19.9 Å². The quantitative estimate of drug-likeness (QED) is 0.653. The summed E-state index contributed by atoms with van der Waals surface area (Å²) in [6, 6.07) is 0.567. The van der Waals surface area contributed by atoms with Gasteiger partial charge in [0.15, 0.2) is 0 Å². The lowest BCUT2D eigenvalue weighted by atomic mass is 10.5. The van der Waals surface area contributed by atoms with Crippen molar-refractivity contribution in [2.24, 2.45) is 0 Å². The molecule has 0 spiro atoms. The molecule has 0 aliphatic carbocycles. The number of nitrogens with one attached hydrogen (secondary N) is 1. The van der Waals surface area contributed by atoms with E-state index >= 15 is 0 Å². The molecule has 0 aliphatic heterocycles. The van der Waals surface area contributed by atoms with Crippen molar-refractivity contribution >= 4 is 6.01 Å². The molecule has 0 aromatic carbocycles. The van der Waals surface area contributed by atoms with Crippen LogP contribution >= 0.6 is 0 Å². The summed E-state index contributed by atoms with van der Waals surface area (Å²) in [6.07, 6.45) is 1.09. The number of ether oxygens (including phenoxy) is 1. The van der Waals surface area contributed by atoms with Gasteiger partial charge in [-0.15, -0.1) is 5.10 Å². The minimum atomic E-state index is 0.567. The molecule has 6 heteroatoms. The van der Waals surface area contributed by atoms with Crippen LogP contribution in [0.2, 0.25) is 0 Å². The summed E-state index contributed by atoms with van der Waals surface area (Å²) in [4.78, 5) is 2.00. The number of likely N-dealkylation sites (N-methyl/N-ethyl adjacent to an activating group) is 1. The first-order valence-corrected chi connectivity index (χ1v) is 6.08. The average molecular weight is 242 g/mol. The van der Waals surface area contributed by atoms with Crippen LogP contribution in [-0.2, 0) is 11.3 Å². The Labute approximate surface area is 102 Å². The zero-order valence-electron chi connectivity index (χ0n) is 10.9. The molecule has 0 bridgehead atoms. The Bertz CT molecular complexity index is 303. The first kappa shape index (κ1) is 13.9. The molecule has 0 saturated heterocycles. The first-order valence-electron chi connectivity index (χ1n) is 6.08. The molecule has 0 radical (unpaired) electrons. The van der Waals surface area contributed by atoms with Crippen LogP contribution in [0.4, 0.5) is 6.01 Å². The fourth-order valence-electron chi connectivity index (χ4n) is 1.41. The lowest BCUT2D eigenvalue weighted by Gasteiger charge is -2.16. The molecule has 0 amide bonds. The molecule has 1 rings (SSSR count). The third-order valence-corrected chi connectivity index (χ3v) is 2.38. The predicted octanol–water partition coefficient (Wildman–Crippen LogP) is 1.04. The molecule has 0 fully saturated rings. The van der Waals surface area contributed by atoms with Crippen LogP contribution < -0.4 is 10.2 Å². The monoisotopic (exact) mass is 242 g/mol. The van der Waals surface area contributed by atoms with Crippen molar-refractivity contribution < 1.29 is 9.15 Å². The Hall–Kier alpha value is -1.14. The number of hydrogen-bond donors (Lipinski definition) is 1. The Kier molecular flexibility index (Phi) is 6.57. The van der Waals surface area contributed by atoms with Crippen molar-refractivity contribution in [3.8, 4) is 0 Å². The molecule has 0 unspecified atom stereocenters. The topological polar surface area (TPSA) is 63.4 Å². The van der Waals surface area contributed by atoms with Gasteiger partial charge in [-0.2, -0.15) is 0 Å². The third-order valence-electron chi connectivity index (χ3n) is 2.38. The van der Waals surface area contributed by atoms with Crippen molar-refractivity contribution in [3.05, 3.63) is 5.89 Å². The number of anilines is 1. The normalized spacial score (nSPS) is 10.8. The van der Waals surface area contributed by atoms with Crippen molar-refractivity contribution in [2.45, 2.75) is 26.8 Å². The lowest BCUT2D eigenvalue weighted by Crippen LogP contribution is -2.27. The van der Waals surface area contributed by atoms with Gasteiger partial charge in [-0.25, -0.2) is 0 Å². The second kappa shape index (κ2) is 8.03. The molecule has 1 N–H and O–H groups in total. The zero-order chi connectivity index (χ0) is 12.5. The SMILES string of the molecule is CCCNCc1nnc(N(CC)CCOC)o1. The second-order valence-corrected chi connectivity index (χ2v) is 3.73. The largest absolute Gasteiger partial charge is 0.407 e. The van der Waals surface area contributed by atoms with Crippen molar-refractivity contribution in [1.82, 2.24) is 15.5 Å². The maximum Gasteiger partial charge on any atom is 0.318 e. The smallest absolute Gasteiger partial charge is 0.318 e. The van der Waals surface area contributed by atoms with Crippen LogP contribution in [0.15, 0.2) is 4.42 Å². The summed E-state index contributed by atoms with van der Waals surface area (Å²) in [5.74, 6) is 0.629. The minimum Gasteiger partial charge on any atom is -0.407 e. The van der Waals surface area contributed by atoms with E-state index < -0.39 is 0 Å². The highest BCUT2D eigenvalue weighted by Gasteiger charge is 2.12. The molecular formula is C11H22N4O2. The van der Waals surface area contributed by atoms with Crippen molar-refractivity contribution in [3.63, 3.8) is 0 Å². The fraction of sp³-hybridized carbons (Fsp3) is 0.818. The van der Waals surface area contributed by atoms with Gasteiger partial charge < -0.3 is 19.4 Å². The van der Waals surface area contributed by atoms with Crippen LogP contribution in [-0.4, -0.2) is 43.5 Å². The van der Waals surface area contributed by atoms with Gasteiger partial charge in [-0.3, -0.25) is 0 Å². The lowest BCUT2D eigenvalue weighted by molar-refractivity contribution is 0.204. The van der Waals surface area contributed by atoms with Crippen molar-refractivity contribution in [1.29, 1.82) is 0 Å². The van der Waals surface area contributed by atoms with E-state index in [2.05, 4.69) is 29.4 Å². The summed E-state index contributed by atoms with van der Waals surface area (Å²) >= 11 is 0. The Morgan fingerprint density at radius 1 is 1.35 bits per heavy atom. The summed E-state index contributed by atoms with van der Waals surface area (Å²) < 4.78 is 10.6. The van der Waals surface area contributed by atoms with Gasteiger partial charge >= 0.3 is 6.01 Å². The van der Waals surface area contributed by atoms with Crippen molar-refractivity contribution in [2.75, 3.05) is 38.3 Å². The molecule has 0 atom stereocenters. The number of rotatable bonds is 9. The van der Waals surface area contributed by atoms with E-state index in [1.807, 2.05) is 4.90 Å². The Balaban J connectivity index is 2.46. The van der Waals surface area contributed by atoms with E-state index in [0.717, 1.165) is 26.1 Å². The average Bonchev–Trinajstić information content (AvgIpc) is 2.79. The van der Waals surface area contributed by atoms with Gasteiger partial charge in [-0.1, -0.05) is 12.0 Å². The highest BCUT2D eigenvalue weighted by molar-refractivity contribution is 5.23. The molecule has 1 aromatic heterocycles. The molecule has 98 valence electrons. The van der Waals surface area contributed by atoms with Gasteiger partial charge in [0, 0.05) is 20.2 Å². The van der Waals surface area contributed by atoms with Gasteiger partial charge in [0.05, 0.1) is 13.2 Å². The zero-order valence-corrected chi connectivity index (χ0v) is 10.9. The number of nitrogens with zero attached hydrogens (tertiary/aromatic N) is 3. The minimum absolute atomic E-state index is 0.567. The molecule has 1 aromatic rings. The van der Waals surface area contributed by atoms with Gasteiger partial charge in [0.1, 0.15) is 0 Å². The summed E-state index contributed by atoms with van der Waals surface area (Å²) in [5.41, 5.74) is 0. The number of hydrogen-bond acceptors (Lipinski definition) is 6. The van der Waals surface area contributed by atoms with E-state index in [0.29, 0.717) is 25.1 Å². The molecular weight excluding hydrogens is 220 g/mol. The van der Waals surface area contributed by atoms with Gasteiger partial charge in [0.2, 0.25) is 5.89 Å². The van der Waals surface area contributed by atoms with E-state index in [9.17, 15) is 0 Å². The maximum atomic E-state index is 5.57. The maximum absolute atomic E-state index is 5.57.